The Kier molecular flexibility index (Phi) is 4.03. The van der Waals surface area contributed by atoms with Gasteiger partial charge in [-0.25, -0.2) is 4.98 Å². The molecule has 0 aliphatic rings. The zero-order valence-electron chi connectivity index (χ0n) is 12.0. The number of nitrogens with one attached hydrogen (secondary N) is 1. The number of carbonyl (C=O) groups excluding carboxylic acids is 1. The fourth-order valence-electron chi connectivity index (χ4n) is 2.01. The Morgan fingerprint density at radius 2 is 1.79 bits per heavy atom. The Labute approximate surface area is 134 Å². The zero-order chi connectivity index (χ0) is 17.2. The number of amides is 1. The number of carbonyl (C=O) groups is 1. The first kappa shape index (κ1) is 15.7. The summed E-state index contributed by atoms with van der Waals surface area (Å²) in [5.41, 5.74) is 0.375. The van der Waals surface area contributed by atoms with Gasteiger partial charge in [0.1, 0.15) is 6.26 Å². The lowest BCUT2D eigenvalue weighted by molar-refractivity contribution is -0.137. The Hall–Kier alpha value is -3.16. The van der Waals surface area contributed by atoms with Crippen LogP contribution in [0, 0.1) is 0 Å². The average Bonchev–Trinajstić information content (AvgIpc) is 3.07. The molecule has 0 spiro atoms. The van der Waals surface area contributed by atoms with E-state index >= 15 is 0 Å². The van der Waals surface area contributed by atoms with E-state index in [1.807, 2.05) is 0 Å². The molecule has 2 heterocycles. The normalized spacial score (nSPS) is 11.3. The Morgan fingerprint density at radius 3 is 2.42 bits per heavy atom. The number of alkyl halides is 3. The third-order valence-electron chi connectivity index (χ3n) is 3.18. The van der Waals surface area contributed by atoms with Crippen molar-refractivity contribution in [1.82, 2.24) is 9.97 Å². The molecule has 3 rings (SSSR count). The van der Waals surface area contributed by atoms with Gasteiger partial charge in [-0.15, -0.1) is 0 Å². The molecule has 1 amide bonds. The molecule has 122 valence electrons. The number of oxazole rings is 1. The Bertz CT molecular complexity index is 844. The highest BCUT2D eigenvalue weighted by Crippen LogP contribution is 2.30. The van der Waals surface area contributed by atoms with E-state index in [9.17, 15) is 18.0 Å². The number of benzene rings is 1. The van der Waals surface area contributed by atoms with Crippen LogP contribution in [0.25, 0.3) is 11.3 Å². The van der Waals surface area contributed by atoms with Crippen molar-refractivity contribution < 1.29 is 22.4 Å². The van der Waals surface area contributed by atoms with Crippen LogP contribution in [0.2, 0.25) is 0 Å². The first-order valence-corrected chi connectivity index (χ1v) is 6.78. The molecule has 0 aliphatic carbocycles. The molecule has 3 aromatic rings. The SMILES string of the molecule is O=C(Nc1ncco1)c1ccnc(-c2ccc(C(F)(F)F)cc2)c1. The first-order valence-electron chi connectivity index (χ1n) is 6.78. The van der Waals surface area contributed by atoms with Crippen LogP contribution < -0.4 is 5.32 Å². The molecule has 1 N–H and O–H groups in total. The monoisotopic (exact) mass is 333 g/mol. The molecule has 0 fully saturated rings. The summed E-state index contributed by atoms with van der Waals surface area (Å²) in [5, 5.41) is 2.45. The van der Waals surface area contributed by atoms with Crippen LogP contribution in [0.1, 0.15) is 15.9 Å². The number of halogens is 3. The molecule has 0 radical (unpaired) electrons. The van der Waals surface area contributed by atoms with Gasteiger partial charge >= 0.3 is 12.2 Å². The topological polar surface area (TPSA) is 68.0 Å². The summed E-state index contributed by atoms with van der Waals surface area (Å²) in [4.78, 5) is 19.9. The van der Waals surface area contributed by atoms with Crippen LogP contribution in [-0.2, 0) is 6.18 Å². The molecule has 0 atom stereocenters. The van der Waals surface area contributed by atoms with Crippen molar-refractivity contribution in [1.29, 1.82) is 0 Å². The molecule has 0 unspecified atom stereocenters. The minimum absolute atomic E-state index is 0.0490. The molecule has 2 aromatic heterocycles. The summed E-state index contributed by atoms with van der Waals surface area (Å²) in [6.07, 6.45) is -0.299. The highest BCUT2D eigenvalue weighted by molar-refractivity contribution is 6.03. The van der Waals surface area contributed by atoms with Gasteiger partial charge in [-0.2, -0.15) is 13.2 Å². The standard InChI is InChI=1S/C16H10F3N3O2/c17-16(18,19)12-3-1-10(2-4-12)13-9-11(5-6-20-13)14(23)22-15-21-7-8-24-15/h1-9H,(H,21,22,23). The lowest BCUT2D eigenvalue weighted by atomic mass is 10.1. The molecule has 0 saturated heterocycles. The number of hydrogen-bond donors (Lipinski definition) is 1. The zero-order valence-corrected chi connectivity index (χ0v) is 12.0. The summed E-state index contributed by atoms with van der Waals surface area (Å²) in [6, 6.07) is 7.55. The Morgan fingerprint density at radius 1 is 1.04 bits per heavy atom. The van der Waals surface area contributed by atoms with E-state index in [4.69, 9.17) is 4.42 Å². The molecular weight excluding hydrogens is 323 g/mol. The second-order valence-electron chi connectivity index (χ2n) is 4.80. The van der Waals surface area contributed by atoms with Gasteiger partial charge in [0, 0.05) is 17.3 Å². The lowest BCUT2D eigenvalue weighted by Crippen LogP contribution is -2.12. The van der Waals surface area contributed by atoms with Crippen LogP contribution in [0.15, 0.2) is 59.5 Å². The molecule has 0 aliphatic heterocycles. The predicted molar refractivity (Wildman–Crippen MR) is 79.1 cm³/mol. The third kappa shape index (κ3) is 3.43. The average molecular weight is 333 g/mol. The number of anilines is 1. The second-order valence-corrected chi connectivity index (χ2v) is 4.80. The van der Waals surface area contributed by atoms with E-state index < -0.39 is 17.6 Å². The molecule has 0 saturated carbocycles. The summed E-state index contributed by atoms with van der Waals surface area (Å²) in [5.74, 6) is -0.465. The maximum absolute atomic E-state index is 12.6. The number of pyridine rings is 1. The fraction of sp³-hybridized carbons (Fsp3) is 0.0625. The summed E-state index contributed by atoms with van der Waals surface area (Å²) >= 11 is 0. The van der Waals surface area contributed by atoms with Gasteiger partial charge in [-0.3, -0.25) is 15.1 Å². The molecule has 0 bridgehead atoms. The van der Waals surface area contributed by atoms with Crippen molar-refractivity contribution in [2.45, 2.75) is 6.18 Å². The van der Waals surface area contributed by atoms with Crippen molar-refractivity contribution in [3.63, 3.8) is 0 Å². The van der Waals surface area contributed by atoms with Crippen molar-refractivity contribution in [3.05, 3.63) is 66.2 Å². The van der Waals surface area contributed by atoms with Gasteiger partial charge in [0.2, 0.25) is 0 Å². The second kappa shape index (κ2) is 6.15. The highest BCUT2D eigenvalue weighted by Gasteiger charge is 2.30. The van der Waals surface area contributed by atoms with E-state index in [-0.39, 0.29) is 11.6 Å². The van der Waals surface area contributed by atoms with E-state index in [1.165, 1.54) is 42.9 Å². The number of hydrogen-bond acceptors (Lipinski definition) is 4. The molecule has 5 nitrogen and oxygen atoms in total. The molecule has 1 aromatic carbocycles. The largest absolute Gasteiger partial charge is 0.432 e. The number of rotatable bonds is 3. The van der Waals surface area contributed by atoms with Gasteiger partial charge in [-0.1, -0.05) is 12.1 Å². The van der Waals surface area contributed by atoms with Crippen molar-refractivity contribution in [2.75, 3.05) is 5.32 Å². The van der Waals surface area contributed by atoms with Crippen molar-refractivity contribution in [3.8, 4) is 11.3 Å². The number of nitrogens with zero attached hydrogens (tertiary/aromatic N) is 2. The lowest BCUT2D eigenvalue weighted by Gasteiger charge is -2.08. The third-order valence-corrected chi connectivity index (χ3v) is 3.18. The van der Waals surface area contributed by atoms with Crippen LogP contribution in [-0.4, -0.2) is 15.9 Å². The summed E-state index contributed by atoms with van der Waals surface area (Å²) in [6.45, 7) is 0. The maximum Gasteiger partial charge on any atom is 0.416 e. The first-order chi connectivity index (χ1) is 11.4. The van der Waals surface area contributed by atoms with E-state index in [1.54, 1.807) is 0 Å². The molecular formula is C16H10F3N3O2. The molecule has 8 heteroatoms. The van der Waals surface area contributed by atoms with Crippen LogP contribution >= 0.6 is 0 Å². The predicted octanol–water partition coefficient (Wildman–Crippen LogP) is 4.01. The quantitative estimate of drug-likeness (QED) is 0.786. The van der Waals surface area contributed by atoms with E-state index in [2.05, 4.69) is 15.3 Å². The van der Waals surface area contributed by atoms with E-state index in [0.29, 0.717) is 11.3 Å². The van der Waals surface area contributed by atoms with Gasteiger partial charge in [0.25, 0.3) is 5.91 Å². The maximum atomic E-state index is 12.6. The Balaban J connectivity index is 1.83. The minimum Gasteiger partial charge on any atom is -0.432 e. The van der Waals surface area contributed by atoms with Crippen LogP contribution in [0.4, 0.5) is 19.2 Å². The smallest absolute Gasteiger partial charge is 0.416 e. The van der Waals surface area contributed by atoms with Gasteiger partial charge < -0.3 is 4.42 Å². The van der Waals surface area contributed by atoms with Crippen molar-refractivity contribution >= 4 is 11.9 Å². The summed E-state index contributed by atoms with van der Waals surface area (Å²) in [7, 11) is 0. The van der Waals surface area contributed by atoms with Crippen LogP contribution in [0.3, 0.4) is 0 Å². The number of aromatic nitrogens is 2. The van der Waals surface area contributed by atoms with Crippen LogP contribution in [0.5, 0.6) is 0 Å². The van der Waals surface area contributed by atoms with Gasteiger partial charge in [-0.05, 0) is 24.3 Å². The minimum atomic E-state index is -4.40. The van der Waals surface area contributed by atoms with Gasteiger partial charge in [0.05, 0.1) is 17.5 Å². The highest BCUT2D eigenvalue weighted by atomic mass is 19.4. The van der Waals surface area contributed by atoms with E-state index in [0.717, 1.165) is 12.1 Å². The fourth-order valence-corrected chi connectivity index (χ4v) is 2.01. The molecule has 24 heavy (non-hydrogen) atoms. The van der Waals surface area contributed by atoms with Gasteiger partial charge in [0.15, 0.2) is 0 Å². The van der Waals surface area contributed by atoms with Crippen molar-refractivity contribution in [2.24, 2.45) is 0 Å². The summed E-state index contributed by atoms with van der Waals surface area (Å²) < 4.78 is 42.7.